The molecule has 0 aromatic heterocycles. The van der Waals surface area contributed by atoms with Gasteiger partial charge in [0.2, 0.25) is 0 Å². The van der Waals surface area contributed by atoms with Crippen LogP contribution in [0.4, 0.5) is 0 Å². The molecule has 0 unspecified atom stereocenters. The van der Waals surface area contributed by atoms with Crippen LogP contribution in [0.3, 0.4) is 0 Å². The highest BCUT2D eigenvalue weighted by atomic mass is 31.2. The van der Waals surface area contributed by atoms with E-state index in [1.807, 2.05) is 0 Å². The third-order valence-corrected chi connectivity index (χ3v) is 2.54. The predicted molar refractivity (Wildman–Crippen MR) is 38.9 cm³/mol. The number of hydrogen-bond donors (Lipinski definition) is 0. The minimum absolute atomic E-state index is 0.0444. The lowest BCUT2D eigenvalue weighted by Gasteiger charge is -2.20. The van der Waals surface area contributed by atoms with E-state index in [4.69, 9.17) is 20.0 Å². The molecule has 5 heteroatoms. The average molecular weight is 176 g/mol. The summed E-state index contributed by atoms with van der Waals surface area (Å²) < 4.78 is 25.5. The first-order valence-electron chi connectivity index (χ1n) is 3.24. The van der Waals surface area contributed by atoms with Gasteiger partial charge in [0.05, 0.1) is 13.2 Å². The predicted octanol–water partition coefficient (Wildman–Crippen LogP) is 1.18. The third-order valence-electron chi connectivity index (χ3n) is 1.09. The van der Waals surface area contributed by atoms with E-state index >= 15 is 0 Å². The van der Waals surface area contributed by atoms with E-state index in [1.54, 1.807) is 0 Å². The zero-order valence-corrected chi connectivity index (χ0v) is 6.88. The smallest absolute Gasteiger partial charge is 0.287 e. The first-order valence-corrected chi connectivity index (χ1v) is 4.70. The molecule has 0 amide bonds. The SMILES string of the molecule is C#CCOP1(=O)OCCCO1. The Kier molecular flexibility index (Phi) is 3.10. The summed E-state index contributed by atoms with van der Waals surface area (Å²) >= 11 is 0. The maximum absolute atomic E-state index is 11.2. The second-order valence-electron chi connectivity index (χ2n) is 1.94. The van der Waals surface area contributed by atoms with Gasteiger partial charge in [-0.1, -0.05) is 5.92 Å². The summed E-state index contributed by atoms with van der Waals surface area (Å²) in [6.07, 6.45) is 5.64. The number of phosphoric acid groups is 1. The molecule has 1 saturated heterocycles. The van der Waals surface area contributed by atoms with Crippen molar-refractivity contribution in [2.45, 2.75) is 6.42 Å². The van der Waals surface area contributed by atoms with Crippen molar-refractivity contribution in [2.24, 2.45) is 0 Å². The van der Waals surface area contributed by atoms with Crippen molar-refractivity contribution in [1.82, 2.24) is 0 Å². The molecule has 1 fully saturated rings. The van der Waals surface area contributed by atoms with Gasteiger partial charge < -0.3 is 0 Å². The molecule has 1 heterocycles. The van der Waals surface area contributed by atoms with E-state index in [0.29, 0.717) is 13.2 Å². The Balaban J connectivity index is 2.39. The van der Waals surface area contributed by atoms with Crippen LogP contribution in [-0.2, 0) is 18.1 Å². The van der Waals surface area contributed by atoms with E-state index in [1.165, 1.54) is 0 Å². The lowest BCUT2D eigenvalue weighted by Crippen LogP contribution is -2.10. The summed E-state index contributed by atoms with van der Waals surface area (Å²) in [6.45, 7) is 0.765. The summed E-state index contributed by atoms with van der Waals surface area (Å²) in [4.78, 5) is 0. The van der Waals surface area contributed by atoms with E-state index in [9.17, 15) is 4.57 Å². The van der Waals surface area contributed by atoms with Crippen LogP contribution in [0.1, 0.15) is 6.42 Å². The molecule has 1 aliphatic heterocycles. The van der Waals surface area contributed by atoms with Crippen molar-refractivity contribution in [3.8, 4) is 12.3 Å². The molecule has 0 aromatic carbocycles. The topological polar surface area (TPSA) is 44.8 Å². The van der Waals surface area contributed by atoms with E-state index in [2.05, 4.69) is 5.92 Å². The second kappa shape index (κ2) is 3.89. The maximum Gasteiger partial charge on any atom is 0.475 e. The molecule has 0 atom stereocenters. The van der Waals surface area contributed by atoms with Crippen LogP contribution in [0.15, 0.2) is 0 Å². The van der Waals surface area contributed by atoms with Crippen LogP contribution in [0.25, 0.3) is 0 Å². The van der Waals surface area contributed by atoms with Gasteiger partial charge in [0.1, 0.15) is 6.61 Å². The van der Waals surface area contributed by atoms with Crippen molar-refractivity contribution in [1.29, 1.82) is 0 Å². The zero-order chi connectivity index (χ0) is 8.16. The Bertz CT molecular complexity index is 197. The normalized spacial score (nSPS) is 22.5. The molecule has 0 aliphatic carbocycles. The number of hydrogen-bond acceptors (Lipinski definition) is 4. The fraction of sp³-hybridized carbons (Fsp3) is 0.667. The number of rotatable bonds is 2. The van der Waals surface area contributed by atoms with Gasteiger partial charge in [0, 0.05) is 0 Å². The fourth-order valence-electron chi connectivity index (χ4n) is 0.640. The Morgan fingerprint density at radius 1 is 1.55 bits per heavy atom. The molecule has 1 rings (SSSR count). The van der Waals surface area contributed by atoms with Crippen LogP contribution in [0.2, 0.25) is 0 Å². The summed E-state index contributed by atoms with van der Waals surface area (Å²) in [5, 5.41) is 0. The Morgan fingerprint density at radius 2 is 2.18 bits per heavy atom. The summed E-state index contributed by atoms with van der Waals surface area (Å²) in [5.74, 6) is 2.19. The highest BCUT2D eigenvalue weighted by Crippen LogP contribution is 2.51. The number of terminal acetylenes is 1. The largest absolute Gasteiger partial charge is 0.475 e. The zero-order valence-electron chi connectivity index (χ0n) is 5.99. The van der Waals surface area contributed by atoms with E-state index in [-0.39, 0.29) is 6.61 Å². The van der Waals surface area contributed by atoms with Gasteiger partial charge >= 0.3 is 7.82 Å². The van der Waals surface area contributed by atoms with Crippen molar-refractivity contribution in [3.63, 3.8) is 0 Å². The molecule has 11 heavy (non-hydrogen) atoms. The van der Waals surface area contributed by atoms with Crippen LogP contribution >= 0.6 is 7.82 Å². The van der Waals surface area contributed by atoms with Gasteiger partial charge in [-0.05, 0) is 6.42 Å². The quantitative estimate of drug-likeness (QED) is 0.468. The minimum atomic E-state index is -3.27. The van der Waals surface area contributed by atoms with Gasteiger partial charge in [-0.25, -0.2) is 4.57 Å². The first kappa shape index (κ1) is 8.76. The molecule has 0 aromatic rings. The fourth-order valence-corrected chi connectivity index (χ4v) is 1.80. The molecular formula is C6H9O4P. The molecule has 0 bridgehead atoms. The van der Waals surface area contributed by atoms with Gasteiger partial charge in [-0.2, -0.15) is 0 Å². The monoisotopic (exact) mass is 176 g/mol. The van der Waals surface area contributed by atoms with Gasteiger partial charge in [0.25, 0.3) is 0 Å². The van der Waals surface area contributed by atoms with Crippen LogP contribution in [-0.4, -0.2) is 19.8 Å². The van der Waals surface area contributed by atoms with Crippen LogP contribution < -0.4 is 0 Å². The first-order chi connectivity index (χ1) is 5.27. The summed E-state index contributed by atoms with van der Waals surface area (Å²) in [7, 11) is -3.27. The van der Waals surface area contributed by atoms with Gasteiger partial charge in [0.15, 0.2) is 0 Å². The van der Waals surface area contributed by atoms with Crippen LogP contribution in [0.5, 0.6) is 0 Å². The molecule has 0 radical (unpaired) electrons. The summed E-state index contributed by atoms with van der Waals surface area (Å²) in [6, 6.07) is 0. The molecule has 0 N–H and O–H groups in total. The van der Waals surface area contributed by atoms with E-state index in [0.717, 1.165) is 6.42 Å². The Hall–Kier alpha value is -0.330. The van der Waals surface area contributed by atoms with E-state index < -0.39 is 7.82 Å². The summed E-state index contributed by atoms with van der Waals surface area (Å²) in [5.41, 5.74) is 0. The van der Waals surface area contributed by atoms with Crippen molar-refractivity contribution in [2.75, 3.05) is 19.8 Å². The minimum Gasteiger partial charge on any atom is -0.287 e. The van der Waals surface area contributed by atoms with Crippen LogP contribution in [0, 0.1) is 12.3 Å². The second-order valence-corrected chi connectivity index (χ2v) is 3.61. The molecular weight excluding hydrogens is 167 g/mol. The molecule has 1 aliphatic rings. The third kappa shape index (κ3) is 2.64. The average Bonchev–Trinajstić information content (AvgIpc) is 2.03. The maximum atomic E-state index is 11.2. The van der Waals surface area contributed by atoms with Gasteiger partial charge in [-0.15, -0.1) is 6.42 Å². The lowest BCUT2D eigenvalue weighted by atomic mass is 10.5. The van der Waals surface area contributed by atoms with Gasteiger partial charge in [-0.3, -0.25) is 13.6 Å². The standard InChI is InChI=1S/C6H9O4P/c1-2-4-8-11(7)9-5-3-6-10-11/h1H,3-6H2. The van der Waals surface area contributed by atoms with Crippen molar-refractivity contribution < 1.29 is 18.1 Å². The molecule has 0 spiro atoms. The molecule has 4 nitrogen and oxygen atoms in total. The molecule has 0 saturated carbocycles. The van der Waals surface area contributed by atoms with Crippen molar-refractivity contribution >= 4 is 7.82 Å². The Morgan fingerprint density at radius 3 is 2.73 bits per heavy atom. The molecule has 62 valence electrons. The lowest BCUT2D eigenvalue weighted by molar-refractivity contribution is 0.0819. The number of phosphoric ester groups is 1. The highest BCUT2D eigenvalue weighted by Gasteiger charge is 2.28. The Labute approximate surface area is 65.4 Å². The highest BCUT2D eigenvalue weighted by molar-refractivity contribution is 7.48. The van der Waals surface area contributed by atoms with Crippen molar-refractivity contribution in [3.05, 3.63) is 0 Å².